The number of H-pyrrole nitrogens is 1. The van der Waals surface area contributed by atoms with Gasteiger partial charge in [-0.3, -0.25) is 9.82 Å². The third-order valence-corrected chi connectivity index (χ3v) is 4.44. The van der Waals surface area contributed by atoms with E-state index in [0.717, 1.165) is 0 Å². The highest BCUT2D eigenvalue weighted by atomic mass is 32.2. The van der Waals surface area contributed by atoms with E-state index >= 15 is 0 Å². The number of anilines is 1. The molecule has 1 aromatic heterocycles. The average molecular weight is 316 g/mol. The number of nitrogens with two attached hydrogens (primary N) is 1. The molecule has 0 bridgehead atoms. The molecule has 0 unspecified atom stereocenters. The maximum atomic E-state index is 11.9. The average Bonchev–Trinajstić information content (AvgIpc) is 2.84. The van der Waals surface area contributed by atoms with Crippen LogP contribution in [0.2, 0.25) is 0 Å². The predicted octanol–water partition coefficient (Wildman–Crippen LogP) is -0.00100. The number of sulfonamides is 2. The molecular weight excluding hydrogens is 304 g/mol. The molecule has 0 amide bonds. The van der Waals surface area contributed by atoms with Gasteiger partial charge in [0, 0.05) is 11.9 Å². The molecule has 10 heteroatoms. The van der Waals surface area contributed by atoms with Crippen molar-refractivity contribution in [3.8, 4) is 0 Å². The Hall–Kier alpha value is -1.91. The van der Waals surface area contributed by atoms with E-state index in [4.69, 9.17) is 5.14 Å². The van der Waals surface area contributed by atoms with Gasteiger partial charge in [0.2, 0.25) is 10.0 Å². The number of rotatable bonds is 5. The quantitative estimate of drug-likeness (QED) is 0.713. The second-order valence-corrected chi connectivity index (χ2v) is 7.34. The Bertz CT molecular complexity index is 780. The van der Waals surface area contributed by atoms with Crippen molar-refractivity contribution in [2.45, 2.75) is 10.6 Å². The molecule has 0 spiro atoms. The van der Waals surface area contributed by atoms with Crippen molar-refractivity contribution in [2.75, 3.05) is 4.72 Å². The van der Waals surface area contributed by atoms with Crippen molar-refractivity contribution in [3.05, 3.63) is 42.2 Å². The molecule has 108 valence electrons. The van der Waals surface area contributed by atoms with Gasteiger partial charge in [-0.05, 0) is 17.7 Å². The summed E-state index contributed by atoms with van der Waals surface area (Å²) in [4.78, 5) is 0.00566. The zero-order valence-electron chi connectivity index (χ0n) is 10.1. The summed E-state index contributed by atoms with van der Waals surface area (Å²) < 4.78 is 48.0. The van der Waals surface area contributed by atoms with Crippen LogP contribution in [0, 0.1) is 0 Å². The lowest BCUT2D eigenvalue weighted by Gasteiger charge is -2.07. The first kappa shape index (κ1) is 14.5. The van der Waals surface area contributed by atoms with Gasteiger partial charge in [0.05, 0.1) is 11.9 Å². The molecule has 1 aromatic carbocycles. The van der Waals surface area contributed by atoms with Crippen LogP contribution in [0.3, 0.4) is 0 Å². The van der Waals surface area contributed by atoms with E-state index in [1.54, 1.807) is 0 Å². The van der Waals surface area contributed by atoms with Crippen LogP contribution >= 0.6 is 0 Å². The summed E-state index contributed by atoms with van der Waals surface area (Å²) in [6, 6.07) is 5.88. The zero-order chi connectivity index (χ0) is 14.8. The van der Waals surface area contributed by atoms with Gasteiger partial charge in [0.15, 0.2) is 0 Å². The van der Waals surface area contributed by atoms with Gasteiger partial charge in [-0.15, -0.1) is 0 Å². The fraction of sp³-hybridized carbons (Fsp3) is 0.100. The molecule has 0 radical (unpaired) electrons. The van der Waals surface area contributed by atoms with Crippen LogP contribution in [-0.2, 0) is 25.8 Å². The Kier molecular flexibility index (Phi) is 3.79. The van der Waals surface area contributed by atoms with Crippen molar-refractivity contribution in [2.24, 2.45) is 5.14 Å². The number of nitrogens with zero attached hydrogens (tertiary/aromatic N) is 1. The van der Waals surface area contributed by atoms with Crippen LogP contribution in [0.5, 0.6) is 0 Å². The number of benzene rings is 1. The lowest BCUT2D eigenvalue weighted by atomic mass is 10.2. The number of hydrogen-bond donors (Lipinski definition) is 3. The molecule has 8 nitrogen and oxygen atoms in total. The predicted molar refractivity (Wildman–Crippen MR) is 72.6 cm³/mol. The summed E-state index contributed by atoms with van der Waals surface area (Å²) in [5.74, 6) is -0.304. The maximum absolute atomic E-state index is 11.9. The maximum Gasteiger partial charge on any atom is 0.265 e. The standard InChI is InChI=1S/C10H12N4O4S2/c11-19(15,16)7-8-1-3-9(4-2-8)14-20(17,18)10-5-12-13-6-10/h1-6,14H,7H2,(H,12,13)(H2,11,15,16). The molecular formula is C10H12N4O4S2. The summed E-state index contributed by atoms with van der Waals surface area (Å²) in [5.41, 5.74) is 0.781. The van der Waals surface area contributed by atoms with Gasteiger partial charge in [0.25, 0.3) is 10.0 Å². The summed E-state index contributed by atoms with van der Waals surface area (Å²) >= 11 is 0. The van der Waals surface area contributed by atoms with Crippen molar-refractivity contribution in [1.82, 2.24) is 10.2 Å². The minimum Gasteiger partial charge on any atom is -0.284 e. The minimum absolute atomic E-state index is 0.00566. The largest absolute Gasteiger partial charge is 0.284 e. The van der Waals surface area contributed by atoms with E-state index in [2.05, 4.69) is 14.9 Å². The highest BCUT2D eigenvalue weighted by Crippen LogP contribution is 2.16. The van der Waals surface area contributed by atoms with Crippen LogP contribution in [0.25, 0.3) is 0 Å². The molecule has 0 fully saturated rings. The van der Waals surface area contributed by atoms with Crippen molar-refractivity contribution in [1.29, 1.82) is 0 Å². The molecule has 0 saturated heterocycles. The van der Waals surface area contributed by atoms with E-state index in [0.29, 0.717) is 11.3 Å². The summed E-state index contributed by atoms with van der Waals surface area (Å²) in [6.45, 7) is 0. The Balaban J connectivity index is 2.16. The molecule has 0 atom stereocenters. The molecule has 0 aliphatic carbocycles. The second-order valence-electron chi connectivity index (χ2n) is 4.04. The summed E-state index contributed by atoms with van der Waals surface area (Å²) in [6.07, 6.45) is 2.43. The minimum atomic E-state index is -3.70. The zero-order valence-corrected chi connectivity index (χ0v) is 11.8. The normalized spacial score (nSPS) is 12.2. The molecule has 1 heterocycles. The van der Waals surface area contributed by atoms with Crippen LogP contribution in [0.1, 0.15) is 5.56 Å². The summed E-state index contributed by atoms with van der Waals surface area (Å²) in [7, 11) is -7.32. The number of hydrogen-bond acceptors (Lipinski definition) is 5. The lowest BCUT2D eigenvalue weighted by Crippen LogP contribution is -2.15. The van der Waals surface area contributed by atoms with Gasteiger partial charge in [-0.25, -0.2) is 22.0 Å². The van der Waals surface area contributed by atoms with Gasteiger partial charge in [0.1, 0.15) is 4.90 Å². The second kappa shape index (κ2) is 5.23. The number of primary sulfonamides is 1. The first-order valence-electron chi connectivity index (χ1n) is 5.37. The first-order valence-corrected chi connectivity index (χ1v) is 8.57. The van der Waals surface area contributed by atoms with Gasteiger partial charge >= 0.3 is 0 Å². The molecule has 20 heavy (non-hydrogen) atoms. The number of aromatic amines is 1. The fourth-order valence-corrected chi connectivity index (χ4v) is 3.12. The molecule has 0 aliphatic rings. The SMILES string of the molecule is NS(=O)(=O)Cc1ccc(NS(=O)(=O)c2cn[nH]c2)cc1. The van der Waals surface area contributed by atoms with Gasteiger partial charge in [-0.2, -0.15) is 5.10 Å². The van der Waals surface area contributed by atoms with Crippen LogP contribution in [0.4, 0.5) is 5.69 Å². The number of aromatic nitrogens is 2. The smallest absolute Gasteiger partial charge is 0.265 e. The summed E-state index contributed by atoms with van der Waals surface area (Å²) in [5, 5.41) is 10.9. The van der Waals surface area contributed by atoms with Crippen LogP contribution < -0.4 is 9.86 Å². The highest BCUT2D eigenvalue weighted by molar-refractivity contribution is 7.92. The Labute approximate surface area is 116 Å². The third-order valence-electron chi connectivity index (χ3n) is 2.36. The van der Waals surface area contributed by atoms with Crippen LogP contribution in [0.15, 0.2) is 41.6 Å². The Morgan fingerprint density at radius 2 is 1.80 bits per heavy atom. The first-order chi connectivity index (χ1) is 9.26. The molecule has 2 aromatic rings. The lowest BCUT2D eigenvalue weighted by molar-refractivity contribution is 0.596. The van der Waals surface area contributed by atoms with Crippen molar-refractivity contribution >= 4 is 25.7 Å². The van der Waals surface area contributed by atoms with Crippen molar-refractivity contribution in [3.63, 3.8) is 0 Å². The molecule has 2 rings (SSSR count). The number of nitrogens with one attached hydrogen (secondary N) is 2. The monoisotopic (exact) mass is 316 g/mol. The van der Waals surface area contributed by atoms with Crippen molar-refractivity contribution < 1.29 is 16.8 Å². The van der Waals surface area contributed by atoms with E-state index in [-0.39, 0.29) is 10.6 Å². The fourth-order valence-electron chi connectivity index (χ4n) is 1.50. The Morgan fingerprint density at radius 3 is 2.30 bits per heavy atom. The van der Waals surface area contributed by atoms with E-state index in [1.807, 2.05) is 0 Å². The topological polar surface area (TPSA) is 135 Å². The molecule has 0 aliphatic heterocycles. The highest BCUT2D eigenvalue weighted by Gasteiger charge is 2.15. The van der Waals surface area contributed by atoms with E-state index in [9.17, 15) is 16.8 Å². The third kappa shape index (κ3) is 3.79. The molecule has 4 N–H and O–H groups in total. The van der Waals surface area contributed by atoms with Gasteiger partial charge < -0.3 is 0 Å². The molecule has 0 saturated carbocycles. The van der Waals surface area contributed by atoms with Gasteiger partial charge in [-0.1, -0.05) is 12.1 Å². The van der Waals surface area contributed by atoms with Crippen LogP contribution in [-0.4, -0.2) is 27.0 Å². The van der Waals surface area contributed by atoms with E-state index < -0.39 is 20.0 Å². The van der Waals surface area contributed by atoms with E-state index in [1.165, 1.54) is 36.7 Å². The Morgan fingerprint density at radius 1 is 1.15 bits per heavy atom.